The van der Waals surface area contributed by atoms with E-state index < -0.39 is 4.92 Å². The second kappa shape index (κ2) is 7.93. The van der Waals surface area contributed by atoms with Crippen LogP contribution in [0, 0.1) is 10.1 Å². The summed E-state index contributed by atoms with van der Waals surface area (Å²) in [6.45, 7) is 0.571. The summed E-state index contributed by atoms with van der Waals surface area (Å²) in [6.07, 6.45) is 1.93. The fourth-order valence-corrected chi connectivity index (χ4v) is 2.04. The standard InChI is InChI=1S/C12H15IN2O4/c1-19-11-5-4-9(8-10(11)15(17)18)12(16)14-7-3-2-6-13/h4-5,8H,2-3,6-7H2,1H3,(H,14,16). The maximum absolute atomic E-state index is 11.8. The first-order valence-electron chi connectivity index (χ1n) is 5.76. The van der Waals surface area contributed by atoms with Gasteiger partial charge in [0.2, 0.25) is 0 Å². The van der Waals surface area contributed by atoms with Gasteiger partial charge in [-0.25, -0.2) is 0 Å². The molecule has 0 aliphatic rings. The Bertz CT molecular complexity index is 465. The number of nitro benzene ring substituents is 1. The average molecular weight is 378 g/mol. The van der Waals surface area contributed by atoms with Crippen LogP contribution in [0.4, 0.5) is 5.69 Å². The van der Waals surface area contributed by atoms with Crippen LogP contribution in [0.15, 0.2) is 18.2 Å². The molecular weight excluding hydrogens is 363 g/mol. The molecule has 0 aromatic heterocycles. The van der Waals surface area contributed by atoms with Crippen LogP contribution >= 0.6 is 22.6 Å². The molecule has 0 aliphatic heterocycles. The highest BCUT2D eigenvalue weighted by Crippen LogP contribution is 2.27. The largest absolute Gasteiger partial charge is 0.490 e. The van der Waals surface area contributed by atoms with Crippen LogP contribution in [-0.4, -0.2) is 28.9 Å². The lowest BCUT2D eigenvalue weighted by atomic mass is 10.1. The molecule has 1 amide bonds. The second-order valence-corrected chi connectivity index (χ2v) is 4.87. The van der Waals surface area contributed by atoms with Gasteiger partial charge in [0.1, 0.15) is 0 Å². The number of carbonyl (C=O) groups excluding carboxylic acids is 1. The Morgan fingerprint density at radius 2 is 2.21 bits per heavy atom. The topological polar surface area (TPSA) is 81.5 Å². The van der Waals surface area contributed by atoms with Gasteiger partial charge in [0.15, 0.2) is 5.75 Å². The number of ether oxygens (including phenoxy) is 1. The van der Waals surface area contributed by atoms with Gasteiger partial charge in [-0.2, -0.15) is 0 Å². The zero-order valence-electron chi connectivity index (χ0n) is 10.5. The first kappa shape index (κ1) is 15.7. The number of alkyl halides is 1. The summed E-state index contributed by atoms with van der Waals surface area (Å²) in [5.74, 6) is -0.161. The zero-order valence-corrected chi connectivity index (χ0v) is 12.7. The lowest BCUT2D eigenvalue weighted by Crippen LogP contribution is -2.24. The van der Waals surface area contributed by atoms with E-state index in [0.717, 1.165) is 17.3 Å². The number of carbonyl (C=O) groups is 1. The van der Waals surface area contributed by atoms with E-state index in [1.807, 2.05) is 0 Å². The number of benzene rings is 1. The average Bonchev–Trinajstić information content (AvgIpc) is 2.42. The number of methoxy groups -OCH3 is 1. The van der Waals surface area contributed by atoms with Gasteiger partial charge in [0, 0.05) is 18.2 Å². The molecular formula is C12H15IN2O4. The minimum atomic E-state index is -0.564. The van der Waals surface area contributed by atoms with Crippen molar-refractivity contribution in [3.8, 4) is 5.75 Å². The van der Waals surface area contributed by atoms with Crippen molar-refractivity contribution in [2.24, 2.45) is 0 Å². The summed E-state index contributed by atoms with van der Waals surface area (Å²) in [4.78, 5) is 22.1. The van der Waals surface area contributed by atoms with Crippen LogP contribution in [-0.2, 0) is 0 Å². The Morgan fingerprint density at radius 3 is 2.79 bits per heavy atom. The summed E-state index contributed by atoms with van der Waals surface area (Å²) >= 11 is 2.27. The van der Waals surface area contributed by atoms with Gasteiger partial charge >= 0.3 is 5.69 Å². The van der Waals surface area contributed by atoms with Gasteiger partial charge in [-0.05, 0) is 29.4 Å². The number of halogens is 1. The summed E-state index contributed by atoms with van der Waals surface area (Å²) in [5, 5.41) is 13.6. The number of nitrogens with one attached hydrogen (secondary N) is 1. The molecule has 0 spiro atoms. The van der Waals surface area contributed by atoms with Crippen molar-refractivity contribution >= 4 is 34.2 Å². The van der Waals surface area contributed by atoms with Gasteiger partial charge in [-0.1, -0.05) is 22.6 Å². The van der Waals surface area contributed by atoms with Gasteiger partial charge in [0.25, 0.3) is 5.91 Å². The number of nitrogens with zero attached hydrogens (tertiary/aromatic N) is 1. The molecule has 0 atom stereocenters. The van der Waals surface area contributed by atoms with Crippen LogP contribution in [0.25, 0.3) is 0 Å². The van der Waals surface area contributed by atoms with Crippen molar-refractivity contribution in [3.63, 3.8) is 0 Å². The highest BCUT2D eigenvalue weighted by Gasteiger charge is 2.17. The Balaban J connectivity index is 2.75. The molecule has 0 unspecified atom stereocenters. The van der Waals surface area contributed by atoms with Crippen molar-refractivity contribution in [1.29, 1.82) is 0 Å². The summed E-state index contributed by atoms with van der Waals surface area (Å²) in [6, 6.07) is 4.17. The first-order chi connectivity index (χ1) is 9.10. The lowest BCUT2D eigenvalue weighted by molar-refractivity contribution is -0.385. The number of nitro groups is 1. The van der Waals surface area contributed by atoms with Crippen molar-refractivity contribution in [1.82, 2.24) is 5.32 Å². The highest BCUT2D eigenvalue weighted by atomic mass is 127. The molecule has 1 rings (SSSR count). The van der Waals surface area contributed by atoms with Crippen LogP contribution in [0.2, 0.25) is 0 Å². The summed E-state index contributed by atoms with van der Waals surface area (Å²) in [5.41, 5.74) is 0.0596. The highest BCUT2D eigenvalue weighted by molar-refractivity contribution is 14.1. The summed E-state index contributed by atoms with van der Waals surface area (Å²) in [7, 11) is 1.35. The molecule has 1 aromatic carbocycles. The predicted molar refractivity (Wildman–Crippen MR) is 80.1 cm³/mol. The fraction of sp³-hybridized carbons (Fsp3) is 0.417. The predicted octanol–water partition coefficient (Wildman–Crippen LogP) is 2.55. The lowest BCUT2D eigenvalue weighted by Gasteiger charge is -2.06. The van der Waals surface area contributed by atoms with E-state index in [4.69, 9.17) is 4.74 Å². The van der Waals surface area contributed by atoms with Crippen molar-refractivity contribution in [2.45, 2.75) is 12.8 Å². The molecule has 7 heteroatoms. The molecule has 6 nitrogen and oxygen atoms in total. The second-order valence-electron chi connectivity index (χ2n) is 3.80. The maximum atomic E-state index is 11.8. The van der Waals surface area contributed by atoms with E-state index in [-0.39, 0.29) is 22.9 Å². The van der Waals surface area contributed by atoms with Crippen LogP contribution < -0.4 is 10.1 Å². The molecule has 0 radical (unpaired) electrons. The van der Waals surface area contributed by atoms with Gasteiger partial charge in [-0.15, -0.1) is 0 Å². The third-order valence-corrected chi connectivity index (χ3v) is 3.25. The van der Waals surface area contributed by atoms with E-state index in [9.17, 15) is 14.9 Å². The van der Waals surface area contributed by atoms with Crippen molar-refractivity contribution < 1.29 is 14.5 Å². The number of rotatable bonds is 7. The number of hydrogen-bond acceptors (Lipinski definition) is 4. The zero-order chi connectivity index (χ0) is 14.3. The minimum Gasteiger partial charge on any atom is -0.490 e. The van der Waals surface area contributed by atoms with E-state index in [2.05, 4.69) is 27.9 Å². The van der Waals surface area contributed by atoms with Crippen molar-refractivity contribution in [3.05, 3.63) is 33.9 Å². The van der Waals surface area contributed by atoms with Gasteiger partial charge in [0.05, 0.1) is 12.0 Å². The molecule has 1 aromatic rings. The normalized spacial score (nSPS) is 10.0. The SMILES string of the molecule is COc1ccc(C(=O)NCCCCI)cc1[N+](=O)[O-]. The van der Waals surface area contributed by atoms with E-state index in [0.29, 0.717) is 6.54 Å². The van der Waals surface area contributed by atoms with E-state index >= 15 is 0 Å². The third kappa shape index (κ3) is 4.66. The monoisotopic (exact) mass is 378 g/mol. The van der Waals surface area contributed by atoms with E-state index in [1.54, 1.807) is 0 Å². The Morgan fingerprint density at radius 1 is 1.47 bits per heavy atom. The van der Waals surface area contributed by atoms with Crippen molar-refractivity contribution in [2.75, 3.05) is 18.1 Å². The van der Waals surface area contributed by atoms with Crippen LogP contribution in [0.3, 0.4) is 0 Å². The Kier molecular flexibility index (Phi) is 6.54. The quantitative estimate of drug-likeness (QED) is 0.260. The fourth-order valence-electron chi connectivity index (χ4n) is 1.50. The molecule has 0 heterocycles. The molecule has 1 N–H and O–H groups in total. The molecule has 104 valence electrons. The Hall–Kier alpha value is -1.38. The molecule has 0 fully saturated rings. The third-order valence-electron chi connectivity index (χ3n) is 2.48. The maximum Gasteiger partial charge on any atom is 0.311 e. The molecule has 0 saturated carbocycles. The Labute approximate surface area is 124 Å². The van der Waals surface area contributed by atoms with E-state index in [1.165, 1.54) is 25.3 Å². The molecule has 0 bridgehead atoms. The number of unbranched alkanes of at least 4 members (excludes halogenated alkanes) is 1. The minimum absolute atomic E-state index is 0.145. The smallest absolute Gasteiger partial charge is 0.311 e. The van der Waals surface area contributed by atoms with Gasteiger partial charge in [-0.3, -0.25) is 14.9 Å². The summed E-state index contributed by atoms with van der Waals surface area (Å²) < 4.78 is 5.92. The molecule has 0 aliphatic carbocycles. The molecule has 19 heavy (non-hydrogen) atoms. The van der Waals surface area contributed by atoms with Crippen LogP contribution in [0.1, 0.15) is 23.2 Å². The van der Waals surface area contributed by atoms with Crippen LogP contribution in [0.5, 0.6) is 5.75 Å². The van der Waals surface area contributed by atoms with Gasteiger partial charge < -0.3 is 10.1 Å². The number of amides is 1. The first-order valence-corrected chi connectivity index (χ1v) is 7.29. The molecule has 0 saturated heterocycles. The number of hydrogen-bond donors (Lipinski definition) is 1.